The minimum absolute atomic E-state index is 0.0153. The van der Waals surface area contributed by atoms with Crippen molar-refractivity contribution in [1.29, 1.82) is 0 Å². The highest BCUT2D eigenvalue weighted by atomic mass is 16.5. The van der Waals surface area contributed by atoms with Gasteiger partial charge in [0.15, 0.2) is 0 Å². The van der Waals surface area contributed by atoms with E-state index in [4.69, 9.17) is 9.84 Å². The summed E-state index contributed by atoms with van der Waals surface area (Å²) in [6.07, 6.45) is 3.44. The van der Waals surface area contributed by atoms with E-state index >= 15 is 0 Å². The van der Waals surface area contributed by atoms with E-state index in [0.29, 0.717) is 19.5 Å². The number of benzene rings is 1. The van der Waals surface area contributed by atoms with E-state index < -0.39 is 0 Å². The van der Waals surface area contributed by atoms with E-state index in [0.717, 1.165) is 24.8 Å². The summed E-state index contributed by atoms with van der Waals surface area (Å²) in [6.45, 7) is 0.895. The van der Waals surface area contributed by atoms with Crippen LogP contribution in [0.2, 0.25) is 0 Å². The van der Waals surface area contributed by atoms with Crippen LogP contribution in [0.3, 0.4) is 0 Å². The molecule has 0 aromatic heterocycles. The van der Waals surface area contributed by atoms with E-state index in [1.165, 1.54) is 0 Å². The molecule has 0 radical (unpaired) electrons. The molecular weight excluding hydrogens is 254 g/mol. The van der Waals surface area contributed by atoms with Crippen molar-refractivity contribution < 1.29 is 14.6 Å². The molecule has 1 aliphatic carbocycles. The first-order chi connectivity index (χ1) is 9.69. The van der Waals surface area contributed by atoms with Crippen molar-refractivity contribution in [2.45, 2.75) is 37.8 Å². The Labute approximate surface area is 120 Å². The van der Waals surface area contributed by atoms with Gasteiger partial charge in [-0.15, -0.1) is 0 Å². The maximum atomic E-state index is 12.4. The summed E-state index contributed by atoms with van der Waals surface area (Å²) in [7, 11) is 1.68. The van der Waals surface area contributed by atoms with Gasteiger partial charge in [0.25, 0.3) is 0 Å². The van der Waals surface area contributed by atoms with Gasteiger partial charge in [-0.05, 0) is 24.8 Å². The Morgan fingerprint density at radius 1 is 1.35 bits per heavy atom. The Morgan fingerprint density at radius 2 is 2.05 bits per heavy atom. The smallest absolute Gasteiger partial charge is 0.225 e. The summed E-state index contributed by atoms with van der Waals surface area (Å²) in [5.74, 6) is 0.0597. The maximum absolute atomic E-state index is 12.4. The zero-order valence-electron chi connectivity index (χ0n) is 12.0. The lowest BCUT2D eigenvalue weighted by molar-refractivity contribution is -0.145. The molecule has 0 unspecified atom stereocenters. The molecule has 1 fully saturated rings. The molecule has 0 spiro atoms. The number of nitrogens with zero attached hydrogens (tertiary/aromatic N) is 1. The SMILES string of the molecule is COC1(CC(=O)N(CCO)Cc2ccccc2)CCC1. The standard InChI is InChI=1S/C16H23NO3/c1-20-16(8-5-9-16)12-15(19)17(10-11-18)13-14-6-3-2-4-7-14/h2-4,6-7,18H,5,8-13H2,1H3. The molecule has 0 aliphatic heterocycles. The van der Waals surface area contributed by atoms with E-state index in [1.807, 2.05) is 30.3 Å². The van der Waals surface area contributed by atoms with E-state index in [-0.39, 0.29) is 18.1 Å². The minimum Gasteiger partial charge on any atom is -0.395 e. The van der Waals surface area contributed by atoms with Crippen LogP contribution in [-0.4, -0.2) is 41.8 Å². The normalized spacial score (nSPS) is 16.5. The minimum atomic E-state index is -0.262. The molecule has 1 aromatic carbocycles. The molecule has 0 heterocycles. The van der Waals surface area contributed by atoms with Crippen molar-refractivity contribution in [3.05, 3.63) is 35.9 Å². The van der Waals surface area contributed by atoms with Crippen molar-refractivity contribution in [3.8, 4) is 0 Å². The molecule has 0 atom stereocenters. The van der Waals surface area contributed by atoms with Gasteiger partial charge in [-0.3, -0.25) is 4.79 Å². The monoisotopic (exact) mass is 277 g/mol. The molecule has 4 heteroatoms. The van der Waals surface area contributed by atoms with E-state index in [2.05, 4.69) is 0 Å². The first-order valence-electron chi connectivity index (χ1n) is 7.17. The van der Waals surface area contributed by atoms with Crippen LogP contribution in [-0.2, 0) is 16.1 Å². The number of carbonyl (C=O) groups is 1. The highest BCUT2D eigenvalue weighted by Crippen LogP contribution is 2.38. The molecule has 2 rings (SSSR count). The molecule has 0 bridgehead atoms. The van der Waals surface area contributed by atoms with Crippen molar-refractivity contribution in [2.75, 3.05) is 20.3 Å². The summed E-state index contributed by atoms with van der Waals surface area (Å²) < 4.78 is 5.51. The third kappa shape index (κ3) is 3.58. The highest BCUT2D eigenvalue weighted by molar-refractivity contribution is 5.77. The largest absolute Gasteiger partial charge is 0.395 e. The van der Waals surface area contributed by atoms with Gasteiger partial charge in [0.05, 0.1) is 18.6 Å². The Morgan fingerprint density at radius 3 is 2.55 bits per heavy atom. The highest BCUT2D eigenvalue weighted by Gasteiger charge is 2.39. The molecule has 1 amide bonds. The summed E-state index contributed by atoms with van der Waals surface area (Å²) in [4.78, 5) is 14.2. The second-order valence-corrected chi connectivity index (χ2v) is 5.44. The Kier molecular flexibility index (Phi) is 5.15. The molecule has 20 heavy (non-hydrogen) atoms. The molecular formula is C16H23NO3. The predicted molar refractivity (Wildman–Crippen MR) is 77.2 cm³/mol. The quantitative estimate of drug-likeness (QED) is 0.829. The topological polar surface area (TPSA) is 49.8 Å². The van der Waals surface area contributed by atoms with Crippen LogP contribution >= 0.6 is 0 Å². The molecule has 1 aliphatic rings. The molecule has 1 aromatic rings. The molecule has 0 saturated heterocycles. The number of hydrogen-bond donors (Lipinski definition) is 1. The van der Waals surface area contributed by atoms with Crippen LogP contribution in [0.5, 0.6) is 0 Å². The van der Waals surface area contributed by atoms with Gasteiger partial charge in [0, 0.05) is 20.2 Å². The van der Waals surface area contributed by atoms with Gasteiger partial charge in [-0.25, -0.2) is 0 Å². The zero-order chi connectivity index (χ0) is 14.4. The van der Waals surface area contributed by atoms with Crippen LogP contribution in [0.1, 0.15) is 31.2 Å². The number of carbonyl (C=O) groups excluding carboxylic acids is 1. The van der Waals surface area contributed by atoms with Gasteiger partial charge < -0.3 is 14.7 Å². The lowest BCUT2D eigenvalue weighted by atomic mass is 9.77. The van der Waals surface area contributed by atoms with Crippen LogP contribution < -0.4 is 0 Å². The first kappa shape index (κ1) is 15.0. The summed E-state index contributed by atoms with van der Waals surface area (Å²) in [5, 5.41) is 9.17. The lowest BCUT2D eigenvalue weighted by Gasteiger charge is -2.41. The van der Waals surface area contributed by atoms with Crippen LogP contribution in [0.25, 0.3) is 0 Å². The number of aliphatic hydroxyl groups is 1. The fourth-order valence-corrected chi connectivity index (χ4v) is 2.63. The van der Waals surface area contributed by atoms with Crippen molar-refractivity contribution in [1.82, 2.24) is 4.90 Å². The lowest BCUT2D eigenvalue weighted by Crippen LogP contribution is -2.45. The fourth-order valence-electron chi connectivity index (χ4n) is 2.63. The van der Waals surface area contributed by atoms with E-state index in [1.54, 1.807) is 12.0 Å². The fraction of sp³-hybridized carbons (Fsp3) is 0.562. The van der Waals surface area contributed by atoms with E-state index in [9.17, 15) is 4.79 Å². The second kappa shape index (κ2) is 6.86. The maximum Gasteiger partial charge on any atom is 0.225 e. The Bertz CT molecular complexity index is 423. The van der Waals surface area contributed by atoms with Gasteiger partial charge in [0.1, 0.15) is 0 Å². The number of aliphatic hydroxyl groups excluding tert-OH is 1. The predicted octanol–water partition coefficient (Wildman–Crippen LogP) is 1.97. The Hall–Kier alpha value is -1.39. The molecule has 1 N–H and O–H groups in total. The van der Waals surface area contributed by atoms with Crippen LogP contribution in [0.4, 0.5) is 0 Å². The van der Waals surface area contributed by atoms with Gasteiger partial charge in [-0.1, -0.05) is 30.3 Å². The van der Waals surface area contributed by atoms with Gasteiger partial charge >= 0.3 is 0 Å². The second-order valence-electron chi connectivity index (χ2n) is 5.44. The number of amides is 1. The zero-order valence-corrected chi connectivity index (χ0v) is 12.0. The van der Waals surface area contributed by atoms with Crippen molar-refractivity contribution in [3.63, 3.8) is 0 Å². The van der Waals surface area contributed by atoms with Crippen molar-refractivity contribution >= 4 is 5.91 Å². The average molecular weight is 277 g/mol. The third-order valence-corrected chi connectivity index (χ3v) is 4.11. The molecule has 4 nitrogen and oxygen atoms in total. The number of hydrogen-bond acceptors (Lipinski definition) is 3. The summed E-state index contributed by atoms with van der Waals surface area (Å²) in [6, 6.07) is 9.86. The number of rotatable bonds is 7. The first-order valence-corrected chi connectivity index (χ1v) is 7.17. The van der Waals surface area contributed by atoms with Crippen LogP contribution in [0, 0.1) is 0 Å². The summed E-state index contributed by atoms with van der Waals surface area (Å²) >= 11 is 0. The number of methoxy groups -OCH3 is 1. The average Bonchev–Trinajstić information content (AvgIpc) is 2.43. The summed E-state index contributed by atoms with van der Waals surface area (Å²) in [5.41, 5.74) is 0.816. The number of ether oxygens (including phenoxy) is 1. The van der Waals surface area contributed by atoms with Crippen molar-refractivity contribution in [2.24, 2.45) is 0 Å². The Balaban J connectivity index is 1.98. The van der Waals surface area contributed by atoms with Crippen LogP contribution in [0.15, 0.2) is 30.3 Å². The molecule has 110 valence electrons. The van der Waals surface area contributed by atoms with Gasteiger partial charge in [-0.2, -0.15) is 0 Å². The van der Waals surface area contributed by atoms with Gasteiger partial charge in [0.2, 0.25) is 5.91 Å². The molecule has 1 saturated carbocycles. The third-order valence-electron chi connectivity index (χ3n) is 4.11.